The van der Waals surface area contributed by atoms with Gasteiger partial charge in [0.25, 0.3) is 0 Å². The summed E-state index contributed by atoms with van der Waals surface area (Å²) in [5.74, 6) is -2.02. The predicted octanol–water partition coefficient (Wildman–Crippen LogP) is 2.01. The largest absolute Gasteiger partial charge is 0.481 e. The Morgan fingerprint density at radius 2 is 0.533 bits per heavy atom. The van der Waals surface area contributed by atoms with E-state index in [1.165, 1.54) is 19.3 Å². The first-order valence-corrected chi connectivity index (χ1v) is 15.8. The molecule has 14 nitrogen and oxygen atoms in total. The molecule has 0 unspecified atom stereocenters. The van der Waals surface area contributed by atoms with Crippen LogP contribution < -0.4 is 0 Å². The molecule has 0 aromatic rings. The lowest BCUT2D eigenvalue weighted by molar-refractivity contribution is -0.138. The molecule has 274 valence electrons. The number of carboxylic acids is 3. The lowest BCUT2D eigenvalue weighted by Crippen LogP contribution is -2.37. The van der Waals surface area contributed by atoms with E-state index in [1.807, 2.05) is 0 Å². The number of aliphatic hydroxyl groups excluding tert-OH is 8. The Bertz CT molecular complexity index is 516. The van der Waals surface area contributed by atoms with E-state index >= 15 is 0 Å². The monoisotopic (exact) mass is 662 g/mol. The molecule has 0 spiro atoms. The van der Waals surface area contributed by atoms with E-state index in [0.29, 0.717) is 19.3 Å². The third-order valence-electron chi connectivity index (χ3n) is 6.42. The van der Waals surface area contributed by atoms with Gasteiger partial charge in [0.15, 0.2) is 0 Å². The van der Waals surface area contributed by atoms with Crippen molar-refractivity contribution < 1.29 is 70.6 Å². The number of hydrogen-bond donors (Lipinski definition) is 11. The summed E-state index contributed by atoms with van der Waals surface area (Å²) in [6.45, 7) is 3.09. The average molecular weight is 663 g/mol. The number of unbranched alkanes of at least 4 members (excludes halogenated alkanes) is 9. The van der Waals surface area contributed by atoms with Gasteiger partial charge in [-0.1, -0.05) is 78.6 Å². The first kappa shape index (κ1) is 52.6. The molecule has 0 aromatic heterocycles. The van der Waals surface area contributed by atoms with Crippen molar-refractivity contribution >= 4 is 17.9 Å². The van der Waals surface area contributed by atoms with Gasteiger partial charge in [0.2, 0.25) is 0 Å². The number of hydrogen-bond acceptors (Lipinski definition) is 11. The summed E-state index contributed by atoms with van der Waals surface area (Å²) in [5.41, 5.74) is -2.22. The Hall–Kier alpha value is -1.91. The average Bonchev–Trinajstić information content (AvgIpc) is 3.04. The second-order valence-electron chi connectivity index (χ2n) is 10.9. The zero-order valence-corrected chi connectivity index (χ0v) is 27.9. The molecule has 14 heteroatoms. The molecule has 0 amide bonds. The van der Waals surface area contributed by atoms with Crippen molar-refractivity contribution in [3.63, 3.8) is 0 Å². The molecule has 0 aliphatic carbocycles. The Labute approximate surface area is 269 Å². The van der Waals surface area contributed by atoms with E-state index in [0.717, 1.165) is 57.8 Å². The molecule has 0 bridgehead atoms. The maximum Gasteiger partial charge on any atom is 0.303 e. The fourth-order valence-corrected chi connectivity index (χ4v) is 2.71. The maximum atomic E-state index is 9.96. The summed E-state index contributed by atoms with van der Waals surface area (Å²) < 4.78 is 0. The second-order valence-corrected chi connectivity index (χ2v) is 10.9. The van der Waals surface area contributed by atoms with Crippen LogP contribution in [0.25, 0.3) is 0 Å². The Kier molecular flexibility index (Phi) is 46.9. The van der Waals surface area contributed by atoms with Crippen LogP contribution in [-0.2, 0) is 14.4 Å². The fourth-order valence-electron chi connectivity index (χ4n) is 2.71. The van der Waals surface area contributed by atoms with Crippen LogP contribution in [0.5, 0.6) is 0 Å². The van der Waals surface area contributed by atoms with Crippen LogP contribution in [-0.4, -0.2) is 127 Å². The van der Waals surface area contributed by atoms with Gasteiger partial charge in [0.05, 0.1) is 63.7 Å². The van der Waals surface area contributed by atoms with Crippen molar-refractivity contribution in [2.24, 2.45) is 10.8 Å². The summed E-state index contributed by atoms with van der Waals surface area (Å²) in [7, 11) is 0. The summed E-state index contributed by atoms with van der Waals surface area (Å²) in [6, 6.07) is 0. The molecule has 11 N–H and O–H groups in total. The molecule has 0 rings (SSSR count). The molecule has 45 heavy (non-hydrogen) atoms. The summed E-state index contributed by atoms with van der Waals surface area (Å²) in [5, 5.41) is 92.6. The highest BCUT2D eigenvalue weighted by Crippen LogP contribution is 2.12. The van der Waals surface area contributed by atoms with Gasteiger partial charge in [-0.15, -0.1) is 0 Å². The highest BCUT2D eigenvalue weighted by Gasteiger charge is 2.27. The van der Waals surface area contributed by atoms with Gasteiger partial charge in [0.1, 0.15) is 0 Å². The van der Waals surface area contributed by atoms with Crippen LogP contribution in [0.2, 0.25) is 0 Å². The van der Waals surface area contributed by atoms with E-state index in [9.17, 15) is 14.4 Å². The molecule has 0 radical (unpaired) electrons. The normalized spacial score (nSPS) is 10.5. The minimum atomic E-state index is -1.11. The first-order chi connectivity index (χ1) is 21.3. The van der Waals surface area contributed by atoms with Crippen molar-refractivity contribution in [3.05, 3.63) is 0 Å². The van der Waals surface area contributed by atoms with Crippen LogP contribution in [0.1, 0.15) is 117 Å². The quantitative estimate of drug-likeness (QED) is 0.0699. The number of rotatable bonds is 23. The molecular formula is C31H66O14. The highest BCUT2D eigenvalue weighted by atomic mass is 16.4. The van der Waals surface area contributed by atoms with Crippen molar-refractivity contribution in [1.29, 1.82) is 0 Å². The lowest BCUT2D eigenvalue weighted by Gasteiger charge is -2.23. The molecule has 0 aliphatic heterocycles. The summed E-state index contributed by atoms with van der Waals surface area (Å²) in [4.78, 5) is 29.9. The van der Waals surface area contributed by atoms with E-state index in [2.05, 4.69) is 20.8 Å². The fraction of sp³-hybridized carbons (Fsp3) is 0.903. The first-order valence-electron chi connectivity index (χ1n) is 15.8. The zero-order chi connectivity index (χ0) is 36.0. The van der Waals surface area contributed by atoms with Gasteiger partial charge in [-0.25, -0.2) is 0 Å². The standard InChI is InChI=1S/3C7H14O2.2C5H12O4/c3*1-2-3-4-5-6-7(8)9;2*6-1-5(2-7,3-8)4-9/h3*2-6H2,1H3,(H,8,9);2*6-9H,1-4H2. The van der Waals surface area contributed by atoms with Gasteiger partial charge in [-0.3, -0.25) is 14.4 Å². The van der Waals surface area contributed by atoms with Crippen LogP contribution in [0.4, 0.5) is 0 Å². The number of aliphatic carboxylic acids is 3. The van der Waals surface area contributed by atoms with Gasteiger partial charge in [-0.2, -0.15) is 0 Å². The molecular weight excluding hydrogens is 596 g/mol. The van der Waals surface area contributed by atoms with Crippen LogP contribution in [0.3, 0.4) is 0 Å². The van der Waals surface area contributed by atoms with Crippen molar-refractivity contribution in [1.82, 2.24) is 0 Å². The van der Waals surface area contributed by atoms with E-state index in [-0.39, 0.29) is 0 Å². The summed E-state index contributed by atoms with van der Waals surface area (Å²) in [6.07, 6.45) is 13.7. The molecule has 0 aromatic carbocycles. The highest BCUT2D eigenvalue weighted by molar-refractivity contribution is 5.67. The number of carbonyl (C=O) groups is 3. The maximum absolute atomic E-state index is 9.96. The molecule has 0 atom stereocenters. The van der Waals surface area contributed by atoms with Crippen LogP contribution >= 0.6 is 0 Å². The number of aliphatic hydroxyl groups is 8. The van der Waals surface area contributed by atoms with Crippen LogP contribution in [0.15, 0.2) is 0 Å². The SMILES string of the molecule is CCCCCCC(=O)O.CCCCCCC(=O)O.CCCCCCC(=O)O.OCC(CO)(CO)CO.OCC(CO)(CO)CO. The van der Waals surface area contributed by atoms with Crippen LogP contribution in [0, 0.1) is 10.8 Å². The smallest absolute Gasteiger partial charge is 0.303 e. The minimum Gasteiger partial charge on any atom is -0.481 e. The Morgan fingerprint density at radius 3 is 0.622 bits per heavy atom. The third kappa shape index (κ3) is 42.1. The van der Waals surface area contributed by atoms with Gasteiger partial charge >= 0.3 is 17.9 Å². The van der Waals surface area contributed by atoms with Gasteiger partial charge in [0, 0.05) is 19.3 Å². The van der Waals surface area contributed by atoms with Crippen molar-refractivity contribution in [2.45, 2.75) is 117 Å². The lowest BCUT2D eigenvalue weighted by atomic mass is 9.93. The molecule has 0 fully saturated rings. The topological polar surface area (TPSA) is 274 Å². The van der Waals surface area contributed by atoms with E-state index in [1.54, 1.807) is 0 Å². The Balaban J connectivity index is -0.000000148. The molecule has 0 saturated heterocycles. The van der Waals surface area contributed by atoms with Gasteiger partial charge < -0.3 is 56.2 Å². The number of carboxylic acid groups (broad SMARTS) is 3. The van der Waals surface area contributed by atoms with Crippen molar-refractivity contribution in [3.8, 4) is 0 Å². The van der Waals surface area contributed by atoms with E-state index in [4.69, 9.17) is 56.2 Å². The van der Waals surface area contributed by atoms with Gasteiger partial charge in [-0.05, 0) is 19.3 Å². The molecule has 0 aliphatic rings. The van der Waals surface area contributed by atoms with E-state index < -0.39 is 81.6 Å². The molecule has 0 saturated carbocycles. The Morgan fingerprint density at radius 1 is 0.356 bits per heavy atom. The van der Waals surface area contributed by atoms with Crippen molar-refractivity contribution in [2.75, 3.05) is 52.9 Å². The second kappa shape index (κ2) is 40.1. The summed E-state index contributed by atoms with van der Waals surface area (Å²) >= 11 is 0. The predicted molar refractivity (Wildman–Crippen MR) is 171 cm³/mol. The zero-order valence-electron chi connectivity index (χ0n) is 27.9. The molecule has 0 heterocycles. The minimum absolute atomic E-state index is 0.333. The third-order valence-corrected chi connectivity index (χ3v) is 6.42.